The van der Waals surface area contributed by atoms with Crippen LogP contribution in [0.3, 0.4) is 0 Å². The largest absolute Gasteiger partial charge is 0.309 e. The summed E-state index contributed by atoms with van der Waals surface area (Å²) < 4.78 is 0. The van der Waals surface area contributed by atoms with Gasteiger partial charge in [-0.2, -0.15) is 0 Å². The molecule has 0 spiro atoms. The second-order valence-corrected chi connectivity index (χ2v) is 5.76. The van der Waals surface area contributed by atoms with Gasteiger partial charge in [-0.3, -0.25) is 4.98 Å². The molecule has 3 nitrogen and oxygen atoms in total. The van der Waals surface area contributed by atoms with E-state index in [1.807, 2.05) is 6.20 Å². The van der Waals surface area contributed by atoms with Crippen LogP contribution in [0, 0.1) is 13.8 Å². The predicted octanol–water partition coefficient (Wildman–Crippen LogP) is 3.25. The first kappa shape index (κ1) is 11.8. The van der Waals surface area contributed by atoms with Crippen molar-refractivity contribution in [2.24, 2.45) is 0 Å². The van der Waals surface area contributed by atoms with E-state index in [0.717, 1.165) is 17.2 Å². The lowest BCUT2D eigenvalue weighted by molar-refractivity contribution is 0.632. The molecular weight excluding hydrogens is 242 g/mol. The topological polar surface area (TPSA) is 37.8 Å². The van der Waals surface area contributed by atoms with E-state index in [0.29, 0.717) is 6.04 Å². The fourth-order valence-electron chi connectivity index (χ4n) is 2.43. The van der Waals surface area contributed by atoms with Crippen molar-refractivity contribution < 1.29 is 0 Å². The van der Waals surface area contributed by atoms with Crippen LogP contribution in [0.5, 0.6) is 0 Å². The van der Waals surface area contributed by atoms with Gasteiger partial charge in [0.25, 0.3) is 0 Å². The number of rotatable bonds is 2. The summed E-state index contributed by atoms with van der Waals surface area (Å²) in [5, 5.41) is 6.69. The maximum atomic E-state index is 4.75. The smallest absolute Gasteiger partial charge is 0.142 e. The lowest BCUT2D eigenvalue weighted by atomic mass is 10.1. The summed E-state index contributed by atoms with van der Waals surface area (Å²) in [5.41, 5.74) is 4.60. The first-order chi connectivity index (χ1) is 8.74. The third-order valence-corrected chi connectivity index (χ3v) is 4.22. The Morgan fingerprint density at radius 2 is 2.28 bits per heavy atom. The van der Waals surface area contributed by atoms with Gasteiger partial charge in [0, 0.05) is 11.6 Å². The van der Waals surface area contributed by atoms with Crippen molar-refractivity contribution in [1.29, 1.82) is 0 Å². The molecule has 2 aromatic heterocycles. The molecule has 18 heavy (non-hydrogen) atoms. The summed E-state index contributed by atoms with van der Waals surface area (Å²) in [6, 6.07) is 2.61. The van der Waals surface area contributed by atoms with Crippen molar-refractivity contribution in [1.82, 2.24) is 15.3 Å². The minimum absolute atomic E-state index is 0.445. The Balaban J connectivity index is 1.92. The average molecular weight is 259 g/mol. The number of nitrogens with one attached hydrogen (secondary N) is 1. The van der Waals surface area contributed by atoms with Crippen molar-refractivity contribution in [3.05, 3.63) is 34.5 Å². The molecular formula is C14H17N3S. The van der Waals surface area contributed by atoms with Gasteiger partial charge in [-0.25, -0.2) is 4.98 Å². The molecule has 0 aliphatic carbocycles. The average Bonchev–Trinajstić information content (AvgIpc) is 2.99. The number of aromatic nitrogens is 2. The molecule has 0 unspecified atom stereocenters. The maximum Gasteiger partial charge on any atom is 0.142 e. The van der Waals surface area contributed by atoms with Crippen LogP contribution < -0.4 is 5.32 Å². The third-order valence-electron chi connectivity index (χ3n) is 3.36. The zero-order chi connectivity index (χ0) is 12.5. The quantitative estimate of drug-likeness (QED) is 0.899. The fraction of sp³-hybridized carbons (Fsp3) is 0.429. The van der Waals surface area contributed by atoms with Gasteiger partial charge in [-0.1, -0.05) is 6.07 Å². The van der Waals surface area contributed by atoms with Crippen LogP contribution in [0.25, 0.3) is 10.7 Å². The number of hydrogen-bond donors (Lipinski definition) is 1. The molecule has 4 heteroatoms. The standard InChI is InChI=1S/C14H17N3S/c1-9-6-10(2)13(16-7-9)14-17-12(8-18-14)11-4-3-5-15-11/h6-8,11,15H,3-5H2,1-2H3/t11-/m0/s1. The number of nitrogens with zero attached hydrogens (tertiary/aromatic N) is 2. The molecule has 2 aromatic rings. The van der Waals surface area contributed by atoms with E-state index >= 15 is 0 Å². The highest BCUT2D eigenvalue weighted by Crippen LogP contribution is 2.30. The Morgan fingerprint density at radius 1 is 1.39 bits per heavy atom. The highest BCUT2D eigenvalue weighted by Gasteiger charge is 2.19. The van der Waals surface area contributed by atoms with E-state index in [-0.39, 0.29) is 0 Å². The lowest BCUT2D eigenvalue weighted by Crippen LogP contribution is -2.12. The second-order valence-electron chi connectivity index (χ2n) is 4.90. The summed E-state index contributed by atoms with van der Waals surface area (Å²) in [6.45, 7) is 5.28. The summed E-state index contributed by atoms with van der Waals surface area (Å²) >= 11 is 1.70. The minimum Gasteiger partial charge on any atom is -0.309 e. The summed E-state index contributed by atoms with van der Waals surface area (Å²) in [6.07, 6.45) is 4.36. The molecule has 0 amide bonds. The molecule has 1 aliphatic heterocycles. The highest BCUT2D eigenvalue weighted by atomic mass is 32.1. The Bertz CT molecular complexity index is 556. The molecule has 1 aliphatic rings. The van der Waals surface area contributed by atoms with Gasteiger partial charge in [-0.05, 0) is 44.4 Å². The van der Waals surface area contributed by atoms with Crippen LogP contribution in [0.15, 0.2) is 17.6 Å². The van der Waals surface area contributed by atoms with Crippen LogP contribution in [0.2, 0.25) is 0 Å². The minimum atomic E-state index is 0.445. The van der Waals surface area contributed by atoms with Crippen LogP contribution in [0.1, 0.15) is 35.7 Å². The van der Waals surface area contributed by atoms with E-state index in [1.165, 1.54) is 29.7 Å². The third kappa shape index (κ3) is 2.18. The van der Waals surface area contributed by atoms with Crippen molar-refractivity contribution >= 4 is 11.3 Å². The van der Waals surface area contributed by atoms with Crippen molar-refractivity contribution in [3.63, 3.8) is 0 Å². The summed E-state index contributed by atoms with van der Waals surface area (Å²) in [4.78, 5) is 9.26. The van der Waals surface area contributed by atoms with Crippen molar-refractivity contribution in [3.8, 4) is 10.7 Å². The van der Waals surface area contributed by atoms with E-state index in [9.17, 15) is 0 Å². The zero-order valence-electron chi connectivity index (χ0n) is 10.7. The molecule has 1 atom stereocenters. The number of thiazole rings is 1. The molecule has 1 saturated heterocycles. The van der Waals surface area contributed by atoms with Gasteiger partial charge in [0.1, 0.15) is 10.7 Å². The van der Waals surface area contributed by atoms with Crippen LogP contribution in [-0.4, -0.2) is 16.5 Å². The van der Waals surface area contributed by atoms with Crippen LogP contribution >= 0.6 is 11.3 Å². The Kier molecular flexibility index (Phi) is 3.14. The van der Waals surface area contributed by atoms with Gasteiger partial charge in [0.2, 0.25) is 0 Å². The normalized spacial score (nSPS) is 19.3. The monoisotopic (exact) mass is 259 g/mol. The van der Waals surface area contributed by atoms with Gasteiger partial charge < -0.3 is 5.32 Å². The Morgan fingerprint density at radius 3 is 3.00 bits per heavy atom. The molecule has 0 saturated carbocycles. The van der Waals surface area contributed by atoms with Crippen molar-refractivity contribution in [2.45, 2.75) is 32.7 Å². The zero-order valence-corrected chi connectivity index (χ0v) is 11.5. The van der Waals surface area contributed by atoms with E-state index in [4.69, 9.17) is 4.98 Å². The fourth-order valence-corrected chi connectivity index (χ4v) is 3.36. The van der Waals surface area contributed by atoms with Crippen LogP contribution in [0.4, 0.5) is 0 Å². The van der Waals surface area contributed by atoms with Crippen molar-refractivity contribution in [2.75, 3.05) is 6.54 Å². The second kappa shape index (κ2) is 4.78. The SMILES string of the molecule is Cc1cnc(-c2nc([C@@H]3CCCN3)cs2)c(C)c1. The summed E-state index contributed by atoms with van der Waals surface area (Å²) in [5.74, 6) is 0. The van der Waals surface area contributed by atoms with Gasteiger partial charge in [0.05, 0.1) is 11.7 Å². The highest BCUT2D eigenvalue weighted by molar-refractivity contribution is 7.13. The summed E-state index contributed by atoms with van der Waals surface area (Å²) in [7, 11) is 0. The number of aryl methyl sites for hydroxylation is 2. The first-order valence-corrected chi connectivity index (χ1v) is 7.24. The molecule has 1 N–H and O–H groups in total. The molecule has 0 bridgehead atoms. The maximum absolute atomic E-state index is 4.75. The molecule has 1 fully saturated rings. The predicted molar refractivity (Wildman–Crippen MR) is 74.8 cm³/mol. The number of pyridine rings is 1. The van der Waals surface area contributed by atoms with Crippen LogP contribution in [-0.2, 0) is 0 Å². The molecule has 0 aromatic carbocycles. The molecule has 94 valence electrons. The van der Waals surface area contributed by atoms with Gasteiger partial charge in [0.15, 0.2) is 0 Å². The Labute approximate surface area is 111 Å². The van der Waals surface area contributed by atoms with E-state index < -0.39 is 0 Å². The number of hydrogen-bond acceptors (Lipinski definition) is 4. The molecule has 3 rings (SSSR count). The molecule has 0 radical (unpaired) electrons. The van der Waals surface area contributed by atoms with E-state index in [1.54, 1.807) is 11.3 Å². The molecule has 3 heterocycles. The Hall–Kier alpha value is -1.26. The lowest BCUT2D eigenvalue weighted by Gasteiger charge is -2.05. The van der Waals surface area contributed by atoms with Gasteiger partial charge in [-0.15, -0.1) is 11.3 Å². The van der Waals surface area contributed by atoms with E-state index in [2.05, 4.69) is 35.6 Å². The first-order valence-electron chi connectivity index (χ1n) is 6.36. The van der Waals surface area contributed by atoms with Gasteiger partial charge >= 0.3 is 0 Å².